The van der Waals surface area contributed by atoms with Gasteiger partial charge in [0, 0.05) is 23.1 Å². The number of carbonyl (C=O) groups is 2. The average molecular weight is 611 g/mol. The standard InChI is InChI=1S/C28H30Cl3N3O4S/c1-4-25(28(36)32-5-2)33(17-20-12-13-21(29)16-24(20)31)27(35)18-34(26-9-7-6-8-23(26)30)39(37,38)22-14-10-19(3)11-15-22/h6-16,25H,4-5,17-18H2,1-3H3,(H,32,36)/t25-/m0/s1. The number of benzene rings is 3. The fraction of sp³-hybridized carbons (Fsp3) is 0.286. The fourth-order valence-corrected chi connectivity index (χ4v) is 6.24. The lowest BCUT2D eigenvalue weighted by atomic mass is 10.1. The summed E-state index contributed by atoms with van der Waals surface area (Å²) < 4.78 is 28.7. The third-order valence-electron chi connectivity index (χ3n) is 6.10. The van der Waals surface area contributed by atoms with Crippen molar-refractivity contribution in [3.8, 4) is 0 Å². The molecule has 0 aliphatic rings. The second-order valence-corrected chi connectivity index (χ2v) is 12.0. The lowest BCUT2D eigenvalue weighted by molar-refractivity contribution is -0.140. The number of nitrogens with zero attached hydrogens (tertiary/aromatic N) is 2. The van der Waals surface area contributed by atoms with Crippen molar-refractivity contribution in [2.24, 2.45) is 0 Å². The molecule has 0 aliphatic carbocycles. The Hall–Kier alpha value is -2.78. The average Bonchev–Trinajstić information content (AvgIpc) is 2.89. The molecule has 0 saturated carbocycles. The molecule has 7 nitrogen and oxygen atoms in total. The molecular weight excluding hydrogens is 581 g/mol. The Bertz CT molecular complexity index is 1430. The summed E-state index contributed by atoms with van der Waals surface area (Å²) in [5.41, 5.74) is 1.58. The minimum Gasteiger partial charge on any atom is -0.355 e. The summed E-state index contributed by atoms with van der Waals surface area (Å²) in [6.45, 7) is 5.13. The number of hydrogen-bond acceptors (Lipinski definition) is 4. The van der Waals surface area contributed by atoms with Gasteiger partial charge in [0.1, 0.15) is 12.6 Å². The van der Waals surface area contributed by atoms with Crippen LogP contribution in [0, 0.1) is 6.92 Å². The van der Waals surface area contributed by atoms with Crippen molar-refractivity contribution in [2.75, 3.05) is 17.4 Å². The van der Waals surface area contributed by atoms with Gasteiger partial charge in [-0.05, 0) is 62.2 Å². The highest BCUT2D eigenvalue weighted by Gasteiger charge is 2.34. The Morgan fingerprint density at radius 2 is 1.59 bits per heavy atom. The lowest BCUT2D eigenvalue weighted by Crippen LogP contribution is -2.52. The number of amides is 2. The second-order valence-electron chi connectivity index (χ2n) is 8.85. The normalized spacial score (nSPS) is 12.1. The molecule has 3 aromatic rings. The third kappa shape index (κ3) is 7.45. The SMILES string of the molecule is CCNC(=O)[C@H](CC)N(Cc1ccc(Cl)cc1Cl)C(=O)CN(c1ccccc1Cl)S(=O)(=O)c1ccc(C)cc1. The van der Waals surface area contributed by atoms with Crippen molar-refractivity contribution in [1.82, 2.24) is 10.2 Å². The monoisotopic (exact) mass is 609 g/mol. The van der Waals surface area contributed by atoms with Gasteiger partial charge in [0.25, 0.3) is 10.0 Å². The molecular formula is C28H30Cl3N3O4S. The first-order valence-electron chi connectivity index (χ1n) is 12.3. The number of aryl methyl sites for hydroxylation is 1. The Kier molecular flexibility index (Phi) is 10.7. The lowest BCUT2D eigenvalue weighted by Gasteiger charge is -2.33. The van der Waals surface area contributed by atoms with Gasteiger partial charge >= 0.3 is 0 Å². The molecule has 3 aromatic carbocycles. The number of nitrogens with one attached hydrogen (secondary N) is 1. The fourth-order valence-electron chi connectivity index (χ4n) is 4.05. The molecule has 208 valence electrons. The highest BCUT2D eigenvalue weighted by atomic mass is 35.5. The Balaban J connectivity index is 2.09. The predicted molar refractivity (Wildman–Crippen MR) is 157 cm³/mol. The van der Waals surface area contributed by atoms with Crippen LogP contribution in [-0.4, -0.2) is 44.3 Å². The number of halogens is 3. The second kappa shape index (κ2) is 13.5. The molecule has 0 bridgehead atoms. The first-order valence-corrected chi connectivity index (χ1v) is 14.9. The Morgan fingerprint density at radius 1 is 0.923 bits per heavy atom. The van der Waals surface area contributed by atoms with Crippen molar-refractivity contribution in [3.63, 3.8) is 0 Å². The Labute approximate surface area is 244 Å². The van der Waals surface area contributed by atoms with Gasteiger partial charge < -0.3 is 10.2 Å². The summed E-state index contributed by atoms with van der Waals surface area (Å²) in [5.74, 6) is -0.959. The summed E-state index contributed by atoms with van der Waals surface area (Å²) in [7, 11) is -4.21. The van der Waals surface area contributed by atoms with Gasteiger partial charge in [-0.25, -0.2) is 8.42 Å². The van der Waals surface area contributed by atoms with Crippen LogP contribution in [0.2, 0.25) is 15.1 Å². The van der Waals surface area contributed by atoms with Crippen LogP contribution in [0.15, 0.2) is 71.6 Å². The molecule has 0 fully saturated rings. The molecule has 0 heterocycles. The zero-order valence-electron chi connectivity index (χ0n) is 21.8. The van der Waals surface area contributed by atoms with Crippen LogP contribution in [0.25, 0.3) is 0 Å². The van der Waals surface area contributed by atoms with Gasteiger partial charge in [-0.15, -0.1) is 0 Å². The maximum Gasteiger partial charge on any atom is 0.264 e. The van der Waals surface area contributed by atoms with E-state index in [1.54, 1.807) is 62.4 Å². The van der Waals surface area contributed by atoms with Crippen molar-refractivity contribution in [2.45, 2.75) is 44.7 Å². The van der Waals surface area contributed by atoms with Crippen molar-refractivity contribution >= 4 is 62.3 Å². The smallest absolute Gasteiger partial charge is 0.264 e. The molecule has 0 radical (unpaired) electrons. The quantitative estimate of drug-likeness (QED) is 0.285. The molecule has 1 N–H and O–H groups in total. The molecule has 39 heavy (non-hydrogen) atoms. The number of sulfonamides is 1. The molecule has 2 amide bonds. The summed E-state index contributed by atoms with van der Waals surface area (Å²) >= 11 is 18.9. The van der Waals surface area contributed by atoms with Gasteiger partial charge in [0.05, 0.1) is 15.6 Å². The molecule has 3 rings (SSSR count). The maximum absolute atomic E-state index is 14.0. The molecule has 1 atom stereocenters. The zero-order valence-corrected chi connectivity index (χ0v) is 24.9. The van der Waals surface area contributed by atoms with Crippen LogP contribution in [0.4, 0.5) is 5.69 Å². The number of rotatable bonds is 11. The highest BCUT2D eigenvalue weighted by Crippen LogP contribution is 2.31. The summed E-state index contributed by atoms with van der Waals surface area (Å²) in [6.07, 6.45) is 0.291. The van der Waals surface area contributed by atoms with E-state index in [2.05, 4.69) is 5.32 Å². The number of para-hydroxylation sites is 1. The van der Waals surface area contributed by atoms with E-state index < -0.39 is 28.5 Å². The number of carbonyl (C=O) groups excluding carboxylic acids is 2. The van der Waals surface area contributed by atoms with E-state index >= 15 is 0 Å². The summed E-state index contributed by atoms with van der Waals surface area (Å²) in [4.78, 5) is 28.3. The van der Waals surface area contributed by atoms with Gasteiger partial charge in [0.2, 0.25) is 11.8 Å². The van der Waals surface area contributed by atoms with Gasteiger partial charge in [-0.1, -0.05) is 77.6 Å². The van der Waals surface area contributed by atoms with Crippen LogP contribution in [0.5, 0.6) is 0 Å². The maximum atomic E-state index is 14.0. The van der Waals surface area contributed by atoms with Crippen molar-refractivity contribution < 1.29 is 18.0 Å². The predicted octanol–water partition coefficient (Wildman–Crippen LogP) is 6.09. The number of hydrogen-bond donors (Lipinski definition) is 1. The zero-order chi connectivity index (χ0) is 28.7. The molecule has 0 spiro atoms. The van der Waals surface area contributed by atoms with E-state index in [0.717, 1.165) is 9.87 Å². The minimum atomic E-state index is -4.21. The van der Waals surface area contributed by atoms with Gasteiger partial charge in [-0.2, -0.15) is 0 Å². The largest absolute Gasteiger partial charge is 0.355 e. The van der Waals surface area contributed by atoms with Crippen LogP contribution in [0.3, 0.4) is 0 Å². The minimum absolute atomic E-state index is 0.00360. The highest BCUT2D eigenvalue weighted by molar-refractivity contribution is 7.92. The van der Waals surface area contributed by atoms with E-state index in [0.29, 0.717) is 28.6 Å². The van der Waals surface area contributed by atoms with E-state index in [9.17, 15) is 18.0 Å². The van der Waals surface area contributed by atoms with Gasteiger partial charge in [0.15, 0.2) is 0 Å². The van der Waals surface area contributed by atoms with Gasteiger partial charge in [-0.3, -0.25) is 13.9 Å². The van der Waals surface area contributed by atoms with E-state index in [-0.39, 0.29) is 28.1 Å². The van der Waals surface area contributed by atoms with Crippen molar-refractivity contribution in [3.05, 3.63) is 92.9 Å². The topological polar surface area (TPSA) is 86.8 Å². The third-order valence-corrected chi connectivity index (χ3v) is 8.78. The van der Waals surface area contributed by atoms with Crippen molar-refractivity contribution in [1.29, 1.82) is 0 Å². The first-order chi connectivity index (χ1) is 18.5. The molecule has 0 saturated heterocycles. The summed E-state index contributed by atoms with van der Waals surface area (Å²) in [5, 5.41) is 3.66. The molecule has 0 aromatic heterocycles. The number of anilines is 1. The van der Waals surface area contributed by atoms with Crippen LogP contribution < -0.4 is 9.62 Å². The van der Waals surface area contributed by atoms with Crippen LogP contribution in [0.1, 0.15) is 31.4 Å². The number of likely N-dealkylation sites (N-methyl/N-ethyl adjacent to an activating group) is 1. The van der Waals surface area contributed by atoms with Crippen LogP contribution in [-0.2, 0) is 26.2 Å². The molecule has 0 unspecified atom stereocenters. The van der Waals surface area contributed by atoms with E-state index in [1.807, 2.05) is 6.92 Å². The van der Waals surface area contributed by atoms with E-state index in [1.165, 1.54) is 23.1 Å². The molecule has 0 aliphatic heterocycles. The molecule has 11 heteroatoms. The summed E-state index contributed by atoms with van der Waals surface area (Å²) in [6, 6.07) is 16.7. The van der Waals surface area contributed by atoms with Crippen LogP contribution >= 0.6 is 34.8 Å². The first kappa shape index (κ1) is 30.8. The van der Waals surface area contributed by atoms with E-state index in [4.69, 9.17) is 34.8 Å². The Morgan fingerprint density at radius 3 is 2.18 bits per heavy atom.